The van der Waals surface area contributed by atoms with Crippen LogP contribution in [0.1, 0.15) is 92.9 Å². The minimum atomic E-state index is -0.602. The van der Waals surface area contributed by atoms with Crippen molar-refractivity contribution in [3.63, 3.8) is 0 Å². The second-order valence-electron chi connectivity index (χ2n) is 14.4. The summed E-state index contributed by atoms with van der Waals surface area (Å²) in [6.45, 7) is 18.0. The zero-order valence-corrected chi connectivity index (χ0v) is 22.2. The Hall–Kier alpha value is -1.16. The van der Waals surface area contributed by atoms with Crippen molar-refractivity contribution < 1.29 is 19.8 Å². The van der Waals surface area contributed by atoms with Gasteiger partial charge in [0.1, 0.15) is 6.29 Å². The number of rotatable bonds is 3. The Bertz CT molecular complexity index is 923. The van der Waals surface area contributed by atoms with Crippen molar-refractivity contribution in [1.82, 2.24) is 0 Å². The van der Waals surface area contributed by atoms with Gasteiger partial charge >= 0.3 is 5.97 Å². The van der Waals surface area contributed by atoms with Crippen LogP contribution in [-0.4, -0.2) is 28.6 Å². The number of allylic oxidation sites excluding steroid dienone is 1. The van der Waals surface area contributed by atoms with Crippen LogP contribution in [0.25, 0.3) is 0 Å². The first-order valence-electron chi connectivity index (χ1n) is 13.8. The number of carboxylic acid groups (broad SMARTS) is 1. The predicted molar refractivity (Wildman–Crippen MR) is 133 cm³/mol. The van der Waals surface area contributed by atoms with Gasteiger partial charge in [-0.05, 0) is 110 Å². The molecule has 0 bridgehead atoms. The van der Waals surface area contributed by atoms with Crippen molar-refractivity contribution in [2.75, 3.05) is 0 Å². The third-order valence-electron chi connectivity index (χ3n) is 13.5. The molecule has 11 atom stereocenters. The van der Waals surface area contributed by atoms with Crippen LogP contribution >= 0.6 is 0 Å². The molecule has 0 saturated heterocycles. The summed E-state index contributed by atoms with van der Waals surface area (Å²) in [7, 11) is 0. The minimum Gasteiger partial charge on any atom is -0.481 e. The molecule has 0 unspecified atom stereocenters. The van der Waals surface area contributed by atoms with E-state index >= 15 is 0 Å². The summed E-state index contributed by atoms with van der Waals surface area (Å²) in [6, 6.07) is 0. The minimum absolute atomic E-state index is 0.0371. The largest absolute Gasteiger partial charge is 0.481 e. The maximum atomic E-state index is 12.8. The zero-order valence-electron chi connectivity index (χ0n) is 22.2. The van der Waals surface area contributed by atoms with Gasteiger partial charge in [0.25, 0.3) is 0 Å². The molecular formula is C30H46O4. The number of hydrogen-bond donors (Lipinski definition) is 2. The summed E-state index contributed by atoms with van der Waals surface area (Å²) in [5.74, 6) is 0.617. The quantitative estimate of drug-likeness (QED) is 0.385. The monoisotopic (exact) mass is 470 g/mol. The van der Waals surface area contributed by atoms with Gasteiger partial charge in [0, 0.05) is 5.92 Å². The van der Waals surface area contributed by atoms with E-state index in [4.69, 9.17) is 0 Å². The number of carbonyl (C=O) groups excluding carboxylic acids is 1. The first kappa shape index (κ1) is 24.5. The molecule has 4 heteroatoms. The van der Waals surface area contributed by atoms with Gasteiger partial charge in [0.2, 0.25) is 0 Å². The first-order chi connectivity index (χ1) is 15.7. The molecule has 0 amide bonds. The number of aliphatic hydroxyl groups excluding tert-OH is 1. The summed E-state index contributed by atoms with van der Waals surface area (Å²) in [5.41, 5.74) is 0.153. The fraction of sp³-hybridized carbons (Fsp3) is 0.867. The average Bonchev–Trinajstić information content (AvgIpc) is 3.22. The number of aliphatic carboxylic acids is 1. The molecule has 5 rings (SSSR count). The van der Waals surface area contributed by atoms with E-state index in [-0.39, 0.29) is 33.5 Å². The van der Waals surface area contributed by atoms with Crippen LogP contribution < -0.4 is 0 Å². The van der Waals surface area contributed by atoms with E-state index in [1.807, 2.05) is 0 Å². The van der Waals surface area contributed by atoms with Crippen LogP contribution in [0.3, 0.4) is 0 Å². The molecule has 0 heterocycles. The Morgan fingerprint density at radius 1 is 0.912 bits per heavy atom. The highest BCUT2D eigenvalue weighted by Crippen LogP contribution is 2.78. The third-order valence-corrected chi connectivity index (χ3v) is 13.5. The number of carboxylic acids is 1. The van der Waals surface area contributed by atoms with Crippen molar-refractivity contribution in [3.05, 3.63) is 12.2 Å². The highest BCUT2D eigenvalue weighted by Gasteiger charge is 2.74. The molecule has 0 aliphatic heterocycles. The Morgan fingerprint density at radius 2 is 1.59 bits per heavy atom. The molecule has 5 saturated carbocycles. The van der Waals surface area contributed by atoms with Crippen molar-refractivity contribution in [2.24, 2.45) is 62.6 Å². The van der Waals surface area contributed by atoms with Crippen molar-refractivity contribution >= 4 is 12.3 Å². The Kier molecular flexibility index (Phi) is 5.20. The topological polar surface area (TPSA) is 74.6 Å². The van der Waals surface area contributed by atoms with Crippen molar-refractivity contribution in [2.45, 2.75) is 99.0 Å². The molecule has 0 radical (unpaired) electrons. The lowest BCUT2D eigenvalue weighted by Crippen LogP contribution is -2.65. The van der Waals surface area contributed by atoms with Crippen LogP contribution in [0.15, 0.2) is 12.2 Å². The van der Waals surface area contributed by atoms with E-state index in [1.54, 1.807) is 0 Å². The van der Waals surface area contributed by atoms with E-state index in [0.29, 0.717) is 23.7 Å². The summed E-state index contributed by atoms with van der Waals surface area (Å²) in [4.78, 5) is 25.2. The Labute approximate surface area is 206 Å². The standard InChI is InChI=1S/C30H46O4/c1-17(2)18-10-13-30(25(33)34)15-14-27(5)19(23(18)30)8-9-22-28(27,6)12-11-21-26(3,4)24(32)20(16-31)29(21,22)7/h16,18-24,32H,1,8-15H2,2-7H3,(H,33,34)/t18-,19-,20+,21-,22-,23-,24+,27-,28+,29+,30-/m1/s1. The van der Waals surface area contributed by atoms with Crippen LogP contribution in [0, 0.1) is 62.6 Å². The second-order valence-corrected chi connectivity index (χ2v) is 14.4. The molecule has 0 spiro atoms. The lowest BCUT2D eigenvalue weighted by atomic mass is 9.34. The van der Waals surface area contributed by atoms with Crippen LogP contribution in [0.4, 0.5) is 0 Å². The summed E-state index contributed by atoms with van der Waals surface area (Å²) in [6.07, 6.45) is 8.13. The molecule has 5 fully saturated rings. The van der Waals surface area contributed by atoms with Crippen LogP contribution in [0.5, 0.6) is 0 Å². The normalized spacial score (nSPS) is 55.4. The maximum Gasteiger partial charge on any atom is 0.309 e. The SMILES string of the molecule is C=C(C)[C@H]1CC[C@@]2(C(=O)O)CC[C@]3(C)[C@H](CC[C@H]4[C@]5(C)[C@H](CC[C@@]43C)C(C)(C)[C@@H](O)[C@@H]5C=O)[C@@H]12. The third kappa shape index (κ3) is 2.55. The Balaban J connectivity index is 1.61. The number of carbonyl (C=O) groups is 2. The van der Waals surface area contributed by atoms with Gasteiger partial charge < -0.3 is 15.0 Å². The van der Waals surface area contributed by atoms with E-state index in [1.165, 1.54) is 0 Å². The summed E-state index contributed by atoms with van der Waals surface area (Å²) < 4.78 is 0. The van der Waals surface area contributed by atoms with Crippen LogP contribution in [0.2, 0.25) is 0 Å². The Morgan fingerprint density at radius 3 is 2.18 bits per heavy atom. The predicted octanol–water partition coefficient (Wildman–Crippen LogP) is 6.12. The van der Waals surface area contributed by atoms with E-state index < -0.39 is 17.5 Å². The molecule has 5 aliphatic carbocycles. The van der Waals surface area contributed by atoms with Gasteiger partial charge in [-0.15, -0.1) is 0 Å². The lowest BCUT2D eigenvalue weighted by Gasteiger charge is -2.70. The molecule has 2 N–H and O–H groups in total. The maximum absolute atomic E-state index is 12.8. The number of aliphatic hydroxyl groups is 1. The highest BCUT2D eigenvalue weighted by atomic mass is 16.4. The van der Waals surface area contributed by atoms with E-state index in [2.05, 4.69) is 48.1 Å². The number of fused-ring (bicyclic) bond motifs is 7. The number of aldehydes is 1. The van der Waals surface area contributed by atoms with Gasteiger partial charge in [0.15, 0.2) is 0 Å². The fourth-order valence-corrected chi connectivity index (χ4v) is 11.7. The molecule has 0 aromatic heterocycles. The zero-order chi connectivity index (χ0) is 25.1. The molecular weight excluding hydrogens is 424 g/mol. The average molecular weight is 471 g/mol. The van der Waals surface area contributed by atoms with Crippen molar-refractivity contribution in [3.8, 4) is 0 Å². The molecule has 0 aromatic rings. The van der Waals surface area contributed by atoms with Crippen molar-refractivity contribution in [1.29, 1.82) is 0 Å². The molecule has 34 heavy (non-hydrogen) atoms. The summed E-state index contributed by atoms with van der Waals surface area (Å²) in [5, 5.41) is 21.8. The fourth-order valence-electron chi connectivity index (χ4n) is 11.7. The van der Waals surface area contributed by atoms with Crippen LogP contribution in [-0.2, 0) is 9.59 Å². The van der Waals surface area contributed by atoms with Gasteiger partial charge in [-0.3, -0.25) is 4.79 Å². The van der Waals surface area contributed by atoms with Gasteiger partial charge in [-0.2, -0.15) is 0 Å². The number of hydrogen-bond acceptors (Lipinski definition) is 3. The van der Waals surface area contributed by atoms with Gasteiger partial charge in [-0.1, -0.05) is 46.8 Å². The molecule has 0 aromatic carbocycles. The molecule has 4 nitrogen and oxygen atoms in total. The molecule has 5 aliphatic rings. The van der Waals surface area contributed by atoms with Gasteiger partial charge in [0.05, 0.1) is 11.5 Å². The highest BCUT2D eigenvalue weighted by molar-refractivity contribution is 5.76. The smallest absolute Gasteiger partial charge is 0.309 e. The first-order valence-corrected chi connectivity index (χ1v) is 13.8. The molecule has 190 valence electrons. The lowest BCUT2D eigenvalue weighted by molar-refractivity contribution is -0.225. The second kappa shape index (κ2) is 7.20. The van der Waals surface area contributed by atoms with Gasteiger partial charge in [-0.25, -0.2) is 0 Å². The summed E-state index contributed by atoms with van der Waals surface area (Å²) >= 11 is 0. The van der Waals surface area contributed by atoms with E-state index in [9.17, 15) is 19.8 Å². The van der Waals surface area contributed by atoms with E-state index in [0.717, 1.165) is 63.2 Å².